The second-order valence-corrected chi connectivity index (χ2v) is 7.88. The molecule has 2 aromatic rings. The van der Waals surface area contributed by atoms with Crippen LogP contribution < -0.4 is 9.64 Å². The molecule has 0 aliphatic carbocycles. The highest BCUT2D eigenvalue weighted by Gasteiger charge is 2.38. The van der Waals surface area contributed by atoms with Crippen LogP contribution in [-0.4, -0.2) is 30.5 Å². The Balaban J connectivity index is 1.67. The van der Waals surface area contributed by atoms with Gasteiger partial charge in [0.05, 0.1) is 42.0 Å². The number of hydrogen-bond donors (Lipinski definition) is 0. The fourth-order valence-corrected chi connectivity index (χ4v) is 4.85. The van der Waals surface area contributed by atoms with Crippen LogP contribution in [0, 0.1) is 18.3 Å². The van der Waals surface area contributed by atoms with E-state index >= 15 is 0 Å². The first-order chi connectivity index (χ1) is 13.6. The molecule has 142 valence electrons. The van der Waals surface area contributed by atoms with Crippen molar-refractivity contribution in [1.82, 2.24) is 4.90 Å². The topological polar surface area (TPSA) is 56.6 Å². The summed E-state index contributed by atoms with van der Waals surface area (Å²) in [6, 6.07) is 18.3. The van der Waals surface area contributed by atoms with Gasteiger partial charge in [0.15, 0.2) is 0 Å². The van der Waals surface area contributed by atoms with Gasteiger partial charge in [-0.3, -0.25) is 9.69 Å². The van der Waals surface area contributed by atoms with Crippen molar-refractivity contribution in [3.05, 3.63) is 70.3 Å². The lowest BCUT2D eigenvalue weighted by Crippen LogP contribution is -2.47. The predicted molar refractivity (Wildman–Crippen MR) is 111 cm³/mol. The number of ether oxygens (including phenoxy) is 1. The Morgan fingerprint density at radius 1 is 1.18 bits per heavy atom. The standard InChI is InChI=1S/C22H21N3O2S/c1-15-7-9-16(10-8-15)17-11-21(26)25-13-24(14-28-22(25)18(17)12-23)19-5-3-4-6-20(19)27-2/h3-10,17H,11,13-14H2,1-2H3/t17-/m1/s1. The molecule has 1 atom stereocenters. The van der Waals surface area contributed by atoms with E-state index in [0.29, 0.717) is 24.5 Å². The molecular weight excluding hydrogens is 370 g/mol. The molecule has 4 rings (SSSR count). The van der Waals surface area contributed by atoms with Crippen molar-refractivity contribution in [1.29, 1.82) is 5.26 Å². The lowest BCUT2D eigenvalue weighted by molar-refractivity contribution is -0.129. The predicted octanol–water partition coefficient (Wildman–Crippen LogP) is 4.22. The summed E-state index contributed by atoms with van der Waals surface area (Å²) < 4.78 is 5.47. The van der Waals surface area contributed by atoms with Crippen LogP contribution >= 0.6 is 11.8 Å². The fourth-order valence-electron chi connectivity index (χ4n) is 3.69. The van der Waals surface area contributed by atoms with E-state index in [0.717, 1.165) is 27.6 Å². The highest BCUT2D eigenvalue weighted by atomic mass is 32.2. The molecule has 0 aromatic heterocycles. The van der Waals surface area contributed by atoms with Crippen LogP contribution in [0.25, 0.3) is 0 Å². The van der Waals surface area contributed by atoms with Crippen molar-refractivity contribution < 1.29 is 9.53 Å². The van der Waals surface area contributed by atoms with E-state index in [4.69, 9.17) is 4.74 Å². The van der Waals surface area contributed by atoms with E-state index in [1.807, 2.05) is 55.5 Å². The maximum atomic E-state index is 13.0. The Kier molecular flexibility index (Phi) is 5.01. The first kappa shape index (κ1) is 18.5. The van der Waals surface area contributed by atoms with E-state index in [1.165, 1.54) is 11.8 Å². The third-order valence-corrected chi connectivity index (χ3v) is 6.35. The Hall–Kier alpha value is -2.91. The summed E-state index contributed by atoms with van der Waals surface area (Å²) in [5.74, 6) is 1.31. The molecule has 5 nitrogen and oxygen atoms in total. The van der Waals surface area contributed by atoms with Crippen LogP contribution in [0.2, 0.25) is 0 Å². The van der Waals surface area contributed by atoms with Crippen molar-refractivity contribution >= 4 is 23.4 Å². The number of methoxy groups -OCH3 is 1. The monoisotopic (exact) mass is 391 g/mol. The van der Waals surface area contributed by atoms with Crippen molar-refractivity contribution in [2.24, 2.45) is 0 Å². The first-order valence-corrected chi connectivity index (χ1v) is 10.1. The number of para-hydroxylation sites is 2. The molecule has 2 aliphatic rings. The molecule has 2 aliphatic heterocycles. The molecule has 0 N–H and O–H groups in total. The van der Waals surface area contributed by atoms with Crippen molar-refractivity contribution in [2.45, 2.75) is 19.3 Å². The van der Waals surface area contributed by atoms with Gasteiger partial charge in [-0.05, 0) is 24.6 Å². The summed E-state index contributed by atoms with van der Waals surface area (Å²) in [5, 5.41) is 10.7. The van der Waals surface area contributed by atoms with Gasteiger partial charge in [0.2, 0.25) is 5.91 Å². The summed E-state index contributed by atoms with van der Waals surface area (Å²) >= 11 is 1.54. The van der Waals surface area contributed by atoms with Crippen molar-refractivity contribution in [3.63, 3.8) is 0 Å². The molecule has 0 spiro atoms. The Labute approximate surface area is 169 Å². The SMILES string of the molecule is COc1ccccc1N1CSC2=C(C#N)[C@@H](c3ccc(C)cc3)CC(=O)N2C1. The van der Waals surface area contributed by atoms with E-state index < -0.39 is 0 Å². The van der Waals surface area contributed by atoms with E-state index in [2.05, 4.69) is 11.0 Å². The average molecular weight is 391 g/mol. The quantitative estimate of drug-likeness (QED) is 0.784. The molecule has 6 heteroatoms. The molecular formula is C22H21N3O2S. The third-order valence-electron chi connectivity index (χ3n) is 5.20. The normalized spacial score (nSPS) is 19.3. The highest BCUT2D eigenvalue weighted by molar-refractivity contribution is 8.03. The molecule has 0 saturated carbocycles. The number of rotatable bonds is 3. The lowest BCUT2D eigenvalue weighted by atomic mass is 9.86. The van der Waals surface area contributed by atoms with Crippen LogP contribution in [0.5, 0.6) is 5.75 Å². The molecule has 1 fully saturated rings. The van der Waals surface area contributed by atoms with Gasteiger partial charge < -0.3 is 9.64 Å². The number of allylic oxidation sites excluding steroid dienone is 1. The second kappa shape index (κ2) is 7.61. The average Bonchev–Trinajstić information content (AvgIpc) is 2.74. The number of nitrogens with zero attached hydrogens (tertiary/aromatic N) is 3. The third kappa shape index (κ3) is 3.23. The first-order valence-electron chi connectivity index (χ1n) is 9.14. The number of carbonyl (C=O) groups excluding carboxylic acids is 1. The summed E-state index contributed by atoms with van der Waals surface area (Å²) in [7, 11) is 1.65. The highest BCUT2D eigenvalue weighted by Crippen LogP contribution is 2.44. The number of thioether (sulfide) groups is 1. The number of nitriles is 1. The zero-order valence-corrected chi connectivity index (χ0v) is 16.7. The van der Waals surface area contributed by atoms with Gasteiger partial charge in [-0.15, -0.1) is 0 Å². The van der Waals surface area contributed by atoms with Crippen LogP contribution in [0.4, 0.5) is 5.69 Å². The Morgan fingerprint density at radius 3 is 2.64 bits per heavy atom. The van der Waals surface area contributed by atoms with Crippen molar-refractivity contribution in [2.75, 3.05) is 24.6 Å². The Morgan fingerprint density at radius 2 is 1.93 bits per heavy atom. The van der Waals surface area contributed by atoms with Crippen LogP contribution in [0.1, 0.15) is 23.5 Å². The zero-order chi connectivity index (χ0) is 19.7. The van der Waals surface area contributed by atoms with Gasteiger partial charge in [-0.25, -0.2) is 0 Å². The van der Waals surface area contributed by atoms with Crippen molar-refractivity contribution in [3.8, 4) is 11.8 Å². The van der Waals surface area contributed by atoms with E-state index in [9.17, 15) is 10.1 Å². The summed E-state index contributed by atoms with van der Waals surface area (Å²) in [6.45, 7) is 2.46. The van der Waals surface area contributed by atoms with Crippen LogP contribution in [0.15, 0.2) is 59.1 Å². The maximum Gasteiger partial charge on any atom is 0.229 e. The van der Waals surface area contributed by atoms with Gasteiger partial charge in [-0.2, -0.15) is 5.26 Å². The Bertz CT molecular complexity index is 978. The number of benzene rings is 2. The molecule has 0 unspecified atom stereocenters. The zero-order valence-electron chi connectivity index (χ0n) is 15.9. The van der Waals surface area contributed by atoms with Crippen LogP contribution in [-0.2, 0) is 4.79 Å². The molecule has 1 saturated heterocycles. The second-order valence-electron chi connectivity index (χ2n) is 6.95. The molecule has 2 heterocycles. The number of amides is 1. The fraction of sp³-hybridized carbons (Fsp3) is 0.273. The van der Waals surface area contributed by atoms with Gasteiger partial charge in [0.1, 0.15) is 5.75 Å². The van der Waals surface area contributed by atoms with Gasteiger partial charge in [0, 0.05) is 12.3 Å². The molecule has 1 amide bonds. The largest absolute Gasteiger partial charge is 0.495 e. The number of carbonyl (C=O) groups is 1. The summed E-state index contributed by atoms with van der Waals surface area (Å²) in [4.78, 5) is 16.8. The van der Waals surface area contributed by atoms with Gasteiger partial charge >= 0.3 is 0 Å². The minimum Gasteiger partial charge on any atom is -0.495 e. The molecule has 2 aromatic carbocycles. The van der Waals surface area contributed by atoms with Gasteiger partial charge in [0.25, 0.3) is 0 Å². The molecule has 0 radical (unpaired) electrons. The smallest absolute Gasteiger partial charge is 0.229 e. The number of fused-ring (bicyclic) bond motifs is 1. The van der Waals surface area contributed by atoms with Crippen LogP contribution in [0.3, 0.4) is 0 Å². The molecule has 0 bridgehead atoms. The number of hydrogen-bond acceptors (Lipinski definition) is 5. The number of anilines is 1. The minimum atomic E-state index is -0.172. The summed E-state index contributed by atoms with van der Waals surface area (Å²) in [6.07, 6.45) is 0.315. The lowest BCUT2D eigenvalue weighted by Gasteiger charge is -2.42. The number of aryl methyl sites for hydroxylation is 1. The summed E-state index contributed by atoms with van der Waals surface area (Å²) in [5.41, 5.74) is 3.82. The van der Waals surface area contributed by atoms with E-state index in [-0.39, 0.29) is 11.8 Å². The van der Waals surface area contributed by atoms with E-state index in [1.54, 1.807) is 12.0 Å². The molecule has 28 heavy (non-hydrogen) atoms. The maximum absolute atomic E-state index is 13.0. The van der Waals surface area contributed by atoms with Gasteiger partial charge in [-0.1, -0.05) is 53.7 Å². The minimum absolute atomic E-state index is 0.0478.